The summed E-state index contributed by atoms with van der Waals surface area (Å²) in [7, 11) is 0. The van der Waals surface area contributed by atoms with E-state index in [4.69, 9.17) is 21.3 Å². The summed E-state index contributed by atoms with van der Waals surface area (Å²) in [6, 6.07) is 7.88. The topological polar surface area (TPSA) is 55.7 Å². The Morgan fingerprint density at radius 3 is 3.00 bits per heavy atom. The van der Waals surface area contributed by atoms with E-state index < -0.39 is 0 Å². The van der Waals surface area contributed by atoms with Crippen LogP contribution in [0.15, 0.2) is 24.3 Å². The van der Waals surface area contributed by atoms with Gasteiger partial charge in [-0.15, -0.1) is 0 Å². The minimum Gasteiger partial charge on any atom is -0.376 e. The van der Waals surface area contributed by atoms with Gasteiger partial charge in [-0.05, 0) is 51.3 Å². The smallest absolute Gasteiger partial charge is 0.176 e. The van der Waals surface area contributed by atoms with E-state index in [1.807, 2.05) is 29.8 Å². The van der Waals surface area contributed by atoms with Crippen LogP contribution >= 0.6 is 11.6 Å². The number of imidazole rings is 1. The number of hydrogen-bond acceptors (Lipinski definition) is 3. The Kier molecular flexibility index (Phi) is 4.08. The van der Waals surface area contributed by atoms with E-state index >= 15 is 0 Å². The number of halogens is 1. The predicted molar refractivity (Wildman–Crippen MR) is 99.2 cm³/mol. The van der Waals surface area contributed by atoms with Crippen LogP contribution in [0.2, 0.25) is 5.02 Å². The van der Waals surface area contributed by atoms with Crippen LogP contribution in [0, 0.1) is 6.92 Å². The third-order valence-electron chi connectivity index (χ3n) is 4.89. The monoisotopic (exact) mass is 358 g/mol. The summed E-state index contributed by atoms with van der Waals surface area (Å²) in [6.07, 6.45) is 1.98. The first-order valence-electron chi connectivity index (χ1n) is 8.73. The molecule has 1 unspecified atom stereocenters. The second-order valence-electron chi connectivity index (χ2n) is 7.49. The molecule has 0 aliphatic carbocycles. The van der Waals surface area contributed by atoms with Gasteiger partial charge in [-0.25, -0.2) is 9.67 Å². The van der Waals surface area contributed by atoms with Crippen molar-refractivity contribution in [2.75, 3.05) is 6.61 Å². The standard InChI is InChI=1S/C19H23ClN4O/c1-12-16-18(24(23-12)11-13-5-4-6-15(20)9-13)22-17(21-16)14-7-8-25-19(2,3)10-14/h4-6,9,14H,7-8,10-11H2,1-3H3,(H,21,22). The molecule has 3 aromatic rings. The van der Waals surface area contributed by atoms with Crippen molar-refractivity contribution in [3.63, 3.8) is 0 Å². The Balaban J connectivity index is 1.67. The summed E-state index contributed by atoms with van der Waals surface area (Å²) < 4.78 is 7.80. The van der Waals surface area contributed by atoms with Crippen molar-refractivity contribution >= 4 is 22.8 Å². The molecule has 132 valence electrons. The number of hydrogen-bond donors (Lipinski definition) is 1. The lowest BCUT2D eigenvalue weighted by Crippen LogP contribution is -2.33. The Hall–Kier alpha value is -1.85. The van der Waals surface area contributed by atoms with Crippen molar-refractivity contribution < 1.29 is 4.74 Å². The highest BCUT2D eigenvalue weighted by Gasteiger charge is 2.32. The number of ether oxygens (including phenoxy) is 1. The number of benzene rings is 1. The molecule has 0 radical (unpaired) electrons. The lowest BCUT2D eigenvalue weighted by Gasteiger charge is -2.34. The predicted octanol–water partition coefficient (Wildman–Crippen LogP) is 4.44. The summed E-state index contributed by atoms with van der Waals surface area (Å²) in [5.74, 6) is 1.45. The number of H-pyrrole nitrogens is 1. The quantitative estimate of drug-likeness (QED) is 0.752. The van der Waals surface area contributed by atoms with E-state index in [2.05, 4.69) is 30.0 Å². The second-order valence-corrected chi connectivity index (χ2v) is 7.93. The van der Waals surface area contributed by atoms with Crippen molar-refractivity contribution in [3.8, 4) is 0 Å². The Morgan fingerprint density at radius 1 is 1.40 bits per heavy atom. The van der Waals surface area contributed by atoms with Gasteiger partial charge in [0.05, 0.1) is 17.8 Å². The molecule has 25 heavy (non-hydrogen) atoms. The number of fused-ring (bicyclic) bond motifs is 1. The molecule has 6 heteroatoms. The molecule has 1 aromatic carbocycles. The minimum absolute atomic E-state index is 0.0935. The zero-order chi connectivity index (χ0) is 17.6. The molecule has 2 aromatic heterocycles. The summed E-state index contributed by atoms with van der Waals surface area (Å²) in [4.78, 5) is 8.41. The van der Waals surface area contributed by atoms with Gasteiger partial charge in [0, 0.05) is 17.5 Å². The maximum Gasteiger partial charge on any atom is 0.176 e. The van der Waals surface area contributed by atoms with E-state index in [1.54, 1.807) is 0 Å². The van der Waals surface area contributed by atoms with Crippen LogP contribution in [0.5, 0.6) is 0 Å². The van der Waals surface area contributed by atoms with Crippen LogP contribution in [0.4, 0.5) is 0 Å². The molecule has 0 bridgehead atoms. The third-order valence-corrected chi connectivity index (χ3v) is 5.12. The van der Waals surface area contributed by atoms with Gasteiger partial charge in [0.2, 0.25) is 0 Å². The molecule has 0 saturated carbocycles. The molecule has 1 fully saturated rings. The third kappa shape index (κ3) is 3.31. The molecule has 1 N–H and O–H groups in total. The molecule has 4 rings (SSSR count). The number of nitrogens with zero attached hydrogens (tertiary/aromatic N) is 3. The normalized spacial score (nSPS) is 20.2. The first kappa shape index (κ1) is 16.6. The zero-order valence-corrected chi connectivity index (χ0v) is 15.6. The van der Waals surface area contributed by atoms with E-state index in [0.29, 0.717) is 12.5 Å². The molecule has 0 amide bonds. The number of aryl methyl sites for hydroxylation is 1. The van der Waals surface area contributed by atoms with Crippen LogP contribution in [0.3, 0.4) is 0 Å². The summed E-state index contributed by atoms with van der Waals surface area (Å²) in [5, 5.41) is 5.39. The molecule has 1 saturated heterocycles. The molecular formula is C19H23ClN4O. The number of nitrogens with one attached hydrogen (secondary N) is 1. The molecule has 3 heterocycles. The van der Waals surface area contributed by atoms with Crippen LogP contribution in [-0.4, -0.2) is 32.0 Å². The van der Waals surface area contributed by atoms with Gasteiger partial charge in [-0.3, -0.25) is 0 Å². The molecule has 1 aliphatic rings. The Labute approximate surface area is 152 Å². The van der Waals surface area contributed by atoms with Crippen molar-refractivity contribution in [3.05, 3.63) is 46.4 Å². The number of aromatic amines is 1. The highest BCUT2D eigenvalue weighted by molar-refractivity contribution is 6.30. The molecular weight excluding hydrogens is 336 g/mol. The SMILES string of the molecule is Cc1nn(Cc2cccc(Cl)c2)c2nc(C3CCOC(C)(C)C3)[nH]c12. The molecule has 0 spiro atoms. The number of aromatic nitrogens is 4. The minimum atomic E-state index is -0.0935. The van der Waals surface area contributed by atoms with E-state index in [1.165, 1.54) is 0 Å². The second kappa shape index (κ2) is 6.15. The van der Waals surface area contributed by atoms with Crippen molar-refractivity contribution in [2.24, 2.45) is 0 Å². The van der Waals surface area contributed by atoms with Gasteiger partial charge in [-0.2, -0.15) is 5.10 Å². The lowest BCUT2D eigenvalue weighted by molar-refractivity contribution is -0.0602. The Bertz CT molecular complexity index is 911. The first-order chi connectivity index (χ1) is 11.9. The van der Waals surface area contributed by atoms with Crippen molar-refractivity contribution in [1.82, 2.24) is 19.7 Å². The maximum absolute atomic E-state index is 6.10. The van der Waals surface area contributed by atoms with Crippen LogP contribution in [-0.2, 0) is 11.3 Å². The van der Waals surface area contributed by atoms with Gasteiger partial charge in [0.1, 0.15) is 11.3 Å². The van der Waals surface area contributed by atoms with Gasteiger partial charge in [0.15, 0.2) is 5.65 Å². The summed E-state index contributed by atoms with van der Waals surface area (Å²) in [5.41, 5.74) is 3.94. The highest BCUT2D eigenvalue weighted by Crippen LogP contribution is 2.35. The van der Waals surface area contributed by atoms with E-state index in [9.17, 15) is 0 Å². The van der Waals surface area contributed by atoms with Crippen LogP contribution in [0.25, 0.3) is 11.2 Å². The first-order valence-corrected chi connectivity index (χ1v) is 9.10. The Morgan fingerprint density at radius 2 is 2.24 bits per heavy atom. The lowest BCUT2D eigenvalue weighted by atomic mass is 9.88. The van der Waals surface area contributed by atoms with Gasteiger partial charge >= 0.3 is 0 Å². The summed E-state index contributed by atoms with van der Waals surface area (Å²) in [6.45, 7) is 7.76. The fraction of sp³-hybridized carbons (Fsp3) is 0.474. The van der Waals surface area contributed by atoms with Crippen molar-refractivity contribution in [2.45, 2.75) is 51.7 Å². The molecule has 1 aliphatic heterocycles. The number of rotatable bonds is 3. The average molecular weight is 359 g/mol. The van der Waals surface area contributed by atoms with E-state index in [-0.39, 0.29) is 5.60 Å². The molecule has 1 atom stereocenters. The largest absolute Gasteiger partial charge is 0.376 e. The highest BCUT2D eigenvalue weighted by atomic mass is 35.5. The zero-order valence-electron chi connectivity index (χ0n) is 14.8. The maximum atomic E-state index is 6.10. The van der Waals surface area contributed by atoms with Gasteiger partial charge in [0.25, 0.3) is 0 Å². The molecule has 5 nitrogen and oxygen atoms in total. The van der Waals surface area contributed by atoms with Crippen molar-refractivity contribution in [1.29, 1.82) is 0 Å². The van der Waals surface area contributed by atoms with Crippen LogP contribution in [0.1, 0.15) is 49.7 Å². The average Bonchev–Trinajstić information content (AvgIpc) is 3.09. The van der Waals surface area contributed by atoms with E-state index in [0.717, 1.165) is 52.7 Å². The van der Waals surface area contributed by atoms with Crippen LogP contribution < -0.4 is 0 Å². The van der Waals surface area contributed by atoms with Gasteiger partial charge in [-0.1, -0.05) is 23.7 Å². The summed E-state index contributed by atoms with van der Waals surface area (Å²) >= 11 is 6.10. The fourth-order valence-electron chi connectivity index (χ4n) is 3.68. The van der Waals surface area contributed by atoms with Gasteiger partial charge < -0.3 is 9.72 Å². The fourth-order valence-corrected chi connectivity index (χ4v) is 3.89.